The van der Waals surface area contributed by atoms with Crippen molar-refractivity contribution < 1.29 is 14.6 Å². The van der Waals surface area contributed by atoms with Crippen LogP contribution in [0.25, 0.3) is 21.8 Å². The van der Waals surface area contributed by atoms with Gasteiger partial charge >= 0.3 is 0 Å². The van der Waals surface area contributed by atoms with Crippen molar-refractivity contribution in [3.63, 3.8) is 0 Å². The lowest BCUT2D eigenvalue weighted by molar-refractivity contribution is 0.243. The Labute approximate surface area is 127 Å². The zero-order valence-corrected chi connectivity index (χ0v) is 12.6. The van der Waals surface area contributed by atoms with E-state index in [9.17, 15) is 9.90 Å². The molecule has 114 valence electrons. The number of hydrogen-bond acceptors (Lipinski definition) is 4. The standard InChI is InChI=1S/C17H17NO4/c1-9(2)22-10-4-5-13-12(6-10)17(20)16-14(18-13)7-11(21-3)8-15(16)19/h4-9,19H,1-3H3,(H,18,20). The first kappa shape index (κ1) is 14.3. The summed E-state index contributed by atoms with van der Waals surface area (Å²) in [5, 5.41) is 10.8. The highest BCUT2D eigenvalue weighted by atomic mass is 16.5. The molecule has 22 heavy (non-hydrogen) atoms. The Morgan fingerprint density at radius 3 is 2.55 bits per heavy atom. The molecule has 0 aliphatic heterocycles. The van der Waals surface area contributed by atoms with Crippen molar-refractivity contribution in [2.45, 2.75) is 20.0 Å². The van der Waals surface area contributed by atoms with Crippen LogP contribution in [0.4, 0.5) is 0 Å². The fraction of sp³-hybridized carbons (Fsp3) is 0.235. The molecule has 0 unspecified atom stereocenters. The summed E-state index contributed by atoms with van der Waals surface area (Å²) in [6.45, 7) is 3.85. The number of phenols is 1. The number of rotatable bonds is 3. The number of methoxy groups -OCH3 is 1. The summed E-state index contributed by atoms with van der Waals surface area (Å²) < 4.78 is 10.7. The van der Waals surface area contributed by atoms with Crippen LogP contribution in [0.5, 0.6) is 17.2 Å². The van der Waals surface area contributed by atoms with Gasteiger partial charge < -0.3 is 19.6 Å². The maximum absolute atomic E-state index is 12.7. The molecule has 0 amide bonds. The highest BCUT2D eigenvalue weighted by molar-refractivity contribution is 5.96. The number of ether oxygens (including phenoxy) is 2. The van der Waals surface area contributed by atoms with Gasteiger partial charge in [-0.25, -0.2) is 0 Å². The number of aromatic amines is 1. The van der Waals surface area contributed by atoms with E-state index in [1.807, 2.05) is 19.9 Å². The maximum atomic E-state index is 12.7. The van der Waals surface area contributed by atoms with Gasteiger partial charge in [-0.15, -0.1) is 0 Å². The zero-order chi connectivity index (χ0) is 15.9. The van der Waals surface area contributed by atoms with Gasteiger partial charge in [-0.2, -0.15) is 0 Å². The number of hydrogen-bond donors (Lipinski definition) is 2. The smallest absolute Gasteiger partial charge is 0.201 e. The number of aromatic nitrogens is 1. The van der Waals surface area contributed by atoms with Crippen LogP contribution >= 0.6 is 0 Å². The molecule has 3 rings (SSSR count). The second-order valence-electron chi connectivity index (χ2n) is 5.40. The van der Waals surface area contributed by atoms with Gasteiger partial charge in [0.15, 0.2) is 0 Å². The van der Waals surface area contributed by atoms with Crippen LogP contribution in [0, 0.1) is 0 Å². The van der Waals surface area contributed by atoms with Gasteiger partial charge in [0.25, 0.3) is 0 Å². The molecule has 0 saturated carbocycles. The molecule has 1 aromatic heterocycles. The summed E-state index contributed by atoms with van der Waals surface area (Å²) in [5.74, 6) is 1.01. The minimum atomic E-state index is -0.238. The Morgan fingerprint density at radius 2 is 1.86 bits per heavy atom. The summed E-state index contributed by atoms with van der Waals surface area (Å²) in [7, 11) is 1.51. The summed E-state index contributed by atoms with van der Waals surface area (Å²) >= 11 is 0. The van der Waals surface area contributed by atoms with Crippen molar-refractivity contribution in [3.8, 4) is 17.2 Å². The van der Waals surface area contributed by atoms with Gasteiger partial charge in [0.05, 0.1) is 29.6 Å². The van der Waals surface area contributed by atoms with E-state index in [1.165, 1.54) is 13.2 Å². The molecule has 0 fully saturated rings. The quantitative estimate of drug-likeness (QED) is 0.729. The number of pyridine rings is 1. The Morgan fingerprint density at radius 1 is 1.09 bits per heavy atom. The van der Waals surface area contributed by atoms with Crippen molar-refractivity contribution in [2.24, 2.45) is 0 Å². The number of H-pyrrole nitrogens is 1. The average Bonchev–Trinajstić information content (AvgIpc) is 2.46. The first-order valence-corrected chi connectivity index (χ1v) is 7.03. The van der Waals surface area contributed by atoms with Gasteiger partial charge in [0, 0.05) is 17.5 Å². The molecule has 0 atom stereocenters. The summed E-state index contributed by atoms with van der Waals surface area (Å²) in [6.07, 6.45) is 0.0228. The molecular weight excluding hydrogens is 282 g/mol. The van der Waals surface area contributed by atoms with Crippen LogP contribution in [0.3, 0.4) is 0 Å². The fourth-order valence-corrected chi connectivity index (χ4v) is 2.50. The van der Waals surface area contributed by atoms with Crippen molar-refractivity contribution in [1.82, 2.24) is 4.98 Å². The second kappa shape index (κ2) is 5.26. The predicted octanol–water partition coefficient (Wildman–Crippen LogP) is 3.18. The summed E-state index contributed by atoms with van der Waals surface area (Å²) in [4.78, 5) is 15.8. The molecule has 0 aliphatic carbocycles. The minimum absolute atomic E-state index is 0.0228. The first-order chi connectivity index (χ1) is 10.5. The molecule has 0 bridgehead atoms. The van der Waals surface area contributed by atoms with Crippen LogP contribution < -0.4 is 14.9 Å². The maximum Gasteiger partial charge on any atom is 0.201 e. The number of nitrogens with one attached hydrogen (secondary N) is 1. The Kier molecular flexibility index (Phi) is 3.41. The average molecular weight is 299 g/mol. The zero-order valence-electron chi connectivity index (χ0n) is 12.6. The molecular formula is C17H17NO4. The van der Waals surface area contributed by atoms with E-state index in [1.54, 1.807) is 18.2 Å². The predicted molar refractivity (Wildman–Crippen MR) is 86.1 cm³/mol. The first-order valence-electron chi connectivity index (χ1n) is 7.03. The van der Waals surface area contributed by atoms with E-state index in [0.717, 1.165) is 0 Å². The van der Waals surface area contributed by atoms with Crippen molar-refractivity contribution >= 4 is 21.8 Å². The highest BCUT2D eigenvalue weighted by Crippen LogP contribution is 2.29. The van der Waals surface area contributed by atoms with Crippen LogP contribution in [-0.4, -0.2) is 23.3 Å². The minimum Gasteiger partial charge on any atom is -0.507 e. The number of aromatic hydroxyl groups is 1. The molecule has 0 aliphatic rings. The molecule has 5 heteroatoms. The normalized spacial score (nSPS) is 11.3. The Hall–Kier alpha value is -2.69. The second-order valence-corrected chi connectivity index (χ2v) is 5.40. The number of phenolic OH excluding ortho intramolecular Hbond substituents is 1. The molecule has 2 aromatic carbocycles. The van der Waals surface area contributed by atoms with Crippen LogP contribution in [0.2, 0.25) is 0 Å². The van der Waals surface area contributed by atoms with Crippen LogP contribution in [0.1, 0.15) is 13.8 Å². The van der Waals surface area contributed by atoms with E-state index < -0.39 is 0 Å². The lowest BCUT2D eigenvalue weighted by Gasteiger charge is -2.11. The van der Waals surface area contributed by atoms with E-state index >= 15 is 0 Å². The Bertz CT molecular complexity index is 912. The van der Waals surface area contributed by atoms with Gasteiger partial charge in [-0.05, 0) is 32.0 Å². The van der Waals surface area contributed by atoms with Gasteiger partial charge in [-0.3, -0.25) is 4.79 Å². The summed E-state index contributed by atoms with van der Waals surface area (Å²) in [6, 6.07) is 8.41. The molecule has 0 radical (unpaired) electrons. The SMILES string of the molecule is COc1cc(O)c2c(=O)c3cc(OC(C)C)ccc3[nH]c2c1. The van der Waals surface area contributed by atoms with E-state index in [4.69, 9.17) is 9.47 Å². The van der Waals surface area contributed by atoms with Gasteiger partial charge in [0.1, 0.15) is 17.2 Å². The third kappa shape index (κ3) is 2.35. The third-order valence-electron chi connectivity index (χ3n) is 3.43. The lowest BCUT2D eigenvalue weighted by Crippen LogP contribution is -2.08. The lowest BCUT2D eigenvalue weighted by atomic mass is 10.1. The van der Waals surface area contributed by atoms with Crippen molar-refractivity contribution in [3.05, 3.63) is 40.6 Å². The molecule has 2 N–H and O–H groups in total. The fourth-order valence-electron chi connectivity index (χ4n) is 2.50. The third-order valence-corrected chi connectivity index (χ3v) is 3.43. The van der Waals surface area contributed by atoms with E-state index in [0.29, 0.717) is 27.9 Å². The van der Waals surface area contributed by atoms with Crippen molar-refractivity contribution in [1.29, 1.82) is 0 Å². The molecule has 1 heterocycles. The topological polar surface area (TPSA) is 71.6 Å². The van der Waals surface area contributed by atoms with E-state index in [-0.39, 0.29) is 22.7 Å². The largest absolute Gasteiger partial charge is 0.507 e. The van der Waals surface area contributed by atoms with Crippen molar-refractivity contribution in [2.75, 3.05) is 7.11 Å². The Balaban J connectivity index is 2.32. The molecule has 0 saturated heterocycles. The van der Waals surface area contributed by atoms with Gasteiger partial charge in [-0.1, -0.05) is 0 Å². The number of fused-ring (bicyclic) bond motifs is 2. The number of benzene rings is 2. The van der Waals surface area contributed by atoms with Crippen LogP contribution in [0.15, 0.2) is 35.1 Å². The van der Waals surface area contributed by atoms with Gasteiger partial charge in [0.2, 0.25) is 5.43 Å². The van der Waals surface area contributed by atoms with E-state index in [2.05, 4.69) is 4.98 Å². The summed E-state index contributed by atoms with van der Waals surface area (Å²) in [5.41, 5.74) is 0.978. The molecule has 5 nitrogen and oxygen atoms in total. The molecule has 0 spiro atoms. The monoisotopic (exact) mass is 299 g/mol. The van der Waals surface area contributed by atoms with Crippen LogP contribution in [-0.2, 0) is 0 Å². The highest BCUT2D eigenvalue weighted by Gasteiger charge is 2.12. The molecule has 3 aromatic rings.